The lowest BCUT2D eigenvalue weighted by molar-refractivity contribution is -0.0258. The highest BCUT2D eigenvalue weighted by Crippen LogP contribution is 2.28. The highest BCUT2D eigenvalue weighted by molar-refractivity contribution is 5.19. The Balaban J connectivity index is 2.12. The zero-order valence-electron chi connectivity index (χ0n) is 13.2. The molecule has 0 bridgehead atoms. The maximum Gasteiger partial charge on any atom is 0.0945 e. The molecule has 1 saturated heterocycles. The Hall–Kier alpha value is -0.900. The van der Waals surface area contributed by atoms with Crippen molar-refractivity contribution in [2.45, 2.75) is 44.9 Å². The van der Waals surface area contributed by atoms with E-state index in [0.29, 0.717) is 0 Å². The summed E-state index contributed by atoms with van der Waals surface area (Å²) in [6.07, 6.45) is 0.566. The fraction of sp³-hybridized carbons (Fsp3) is 0.647. The SMILES string of the molecule is CCC(C(O)c1ccccc1)N1CCN(C)C(C)(C)C1. The van der Waals surface area contributed by atoms with Crippen molar-refractivity contribution in [3.05, 3.63) is 35.9 Å². The van der Waals surface area contributed by atoms with E-state index in [4.69, 9.17) is 0 Å². The van der Waals surface area contributed by atoms with Crippen molar-refractivity contribution in [2.75, 3.05) is 26.7 Å². The Morgan fingerprint density at radius 1 is 1.20 bits per heavy atom. The van der Waals surface area contributed by atoms with Gasteiger partial charge in [-0.15, -0.1) is 0 Å². The molecule has 112 valence electrons. The average molecular weight is 276 g/mol. The summed E-state index contributed by atoms with van der Waals surface area (Å²) in [5, 5.41) is 10.7. The van der Waals surface area contributed by atoms with E-state index in [0.717, 1.165) is 31.6 Å². The van der Waals surface area contributed by atoms with E-state index >= 15 is 0 Å². The first-order valence-electron chi connectivity index (χ1n) is 7.64. The predicted octanol–water partition coefficient (Wildman–Crippen LogP) is 2.52. The van der Waals surface area contributed by atoms with Gasteiger partial charge in [-0.25, -0.2) is 0 Å². The zero-order chi connectivity index (χ0) is 14.8. The third-order valence-electron chi connectivity index (χ3n) is 4.74. The molecule has 0 saturated carbocycles. The van der Waals surface area contributed by atoms with E-state index in [1.807, 2.05) is 30.3 Å². The summed E-state index contributed by atoms with van der Waals surface area (Å²) >= 11 is 0. The molecule has 1 heterocycles. The Morgan fingerprint density at radius 2 is 1.85 bits per heavy atom. The predicted molar refractivity (Wildman–Crippen MR) is 83.8 cm³/mol. The molecule has 20 heavy (non-hydrogen) atoms. The largest absolute Gasteiger partial charge is 0.387 e. The normalized spacial score (nSPS) is 23.4. The van der Waals surface area contributed by atoms with Gasteiger partial charge in [-0.3, -0.25) is 9.80 Å². The van der Waals surface area contributed by atoms with Gasteiger partial charge in [-0.2, -0.15) is 0 Å². The third kappa shape index (κ3) is 3.22. The first-order chi connectivity index (χ1) is 9.45. The number of likely N-dealkylation sites (N-methyl/N-ethyl adjacent to an activating group) is 1. The second-order valence-corrected chi connectivity index (χ2v) is 6.54. The topological polar surface area (TPSA) is 26.7 Å². The van der Waals surface area contributed by atoms with E-state index in [-0.39, 0.29) is 11.6 Å². The van der Waals surface area contributed by atoms with Gasteiger partial charge in [0.1, 0.15) is 0 Å². The molecule has 1 aromatic carbocycles. The number of benzene rings is 1. The van der Waals surface area contributed by atoms with E-state index in [1.165, 1.54) is 0 Å². The minimum absolute atomic E-state index is 0.169. The van der Waals surface area contributed by atoms with Gasteiger partial charge in [-0.1, -0.05) is 37.3 Å². The molecule has 2 rings (SSSR count). The summed E-state index contributed by atoms with van der Waals surface area (Å²) < 4.78 is 0. The van der Waals surface area contributed by atoms with Crippen LogP contribution in [0.1, 0.15) is 38.9 Å². The zero-order valence-corrected chi connectivity index (χ0v) is 13.2. The van der Waals surface area contributed by atoms with Gasteiger partial charge >= 0.3 is 0 Å². The second-order valence-electron chi connectivity index (χ2n) is 6.54. The van der Waals surface area contributed by atoms with Crippen LogP contribution in [-0.2, 0) is 0 Å². The summed E-state index contributed by atoms with van der Waals surface area (Å²) in [6.45, 7) is 9.82. The van der Waals surface area contributed by atoms with Crippen LogP contribution in [-0.4, -0.2) is 53.2 Å². The fourth-order valence-electron chi connectivity index (χ4n) is 3.11. The quantitative estimate of drug-likeness (QED) is 0.915. The highest BCUT2D eigenvalue weighted by atomic mass is 16.3. The van der Waals surface area contributed by atoms with Crippen LogP contribution < -0.4 is 0 Å². The summed E-state index contributed by atoms with van der Waals surface area (Å²) in [4.78, 5) is 4.86. The van der Waals surface area contributed by atoms with Gasteiger partial charge in [0, 0.05) is 31.2 Å². The number of rotatable bonds is 4. The minimum Gasteiger partial charge on any atom is -0.387 e. The molecule has 0 radical (unpaired) electrons. The summed E-state index contributed by atoms with van der Waals surface area (Å²) in [5.74, 6) is 0. The molecule has 1 fully saturated rings. The fourth-order valence-corrected chi connectivity index (χ4v) is 3.11. The Labute approximate surface area is 123 Å². The number of nitrogens with zero attached hydrogens (tertiary/aromatic N) is 2. The number of aliphatic hydroxyl groups is 1. The first-order valence-corrected chi connectivity index (χ1v) is 7.64. The molecule has 2 unspecified atom stereocenters. The van der Waals surface area contributed by atoms with Gasteiger partial charge in [0.15, 0.2) is 0 Å². The molecular formula is C17H28N2O. The first kappa shape index (κ1) is 15.5. The van der Waals surface area contributed by atoms with Crippen LogP contribution in [0.15, 0.2) is 30.3 Å². The lowest BCUT2D eigenvalue weighted by Crippen LogP contribution is -2.60. The Morgan fingerprint density at radius 3 is 2.40 bits per heavy atom. The molecule has 3 heteroatoms. The molecule has 3 nitrogen and oxygen atoms in total. The lowest BCUT2D eigenvalue weighted by Gasteiger charge is -2.48. The van der Waals surface area contributed by atoms with Crippen molar-refractivity contribution in [3.63, 3.8) is 0 Å². The summed E-state index contributed by atoms with van der Waals surface area (Å²) in [6, 6.07) is 10.2. The molecular weight excluding hydrogens is 248 g/mol. The molecule has 1 aromatic rings. The molecule has 0 aromatic heterocycles. The minimum atomic E-state index is -0.402. The second kappa shape index (κ2) is 6.25. The van der Waals surface area contributed by atoms with Crippen LogP contribution in [0, 0.1) is 0 Å². The number of hydrogen-bond donors (Lipinski definition) is 1. The Bertz CT molecular complexity index is 418. The monoisotopic (exact) mass is 276 g/mol. The molecule has 1 aliphatic heterocycles. The van der Waals surface area contributed by atoms with Crippen molar-refractivity contribution < 1.29 is 5.11 Å². The van der Waals surface area contributed by atoms with Gasteiger partial charge in [0.25, 0.3) is 0 Å². The highest BCUT2D eigenvalue weighted by Gasteiger charge is 2.36. The number of piperazine rings is 1. The maximum absolute atomic E-state index is 10.7. The molecule has 1 N–H and O–H groups in total. The van der Waals surface area contributed by atoms with Crippen molar-refractivity contribution in [1.29, 1.82) is 0 Å². The lowest BCUT2D eigenvalue weighted by atomic mass is 9.93. The molecule has 1 aliphatic rings. The Kier molecular flexibility index (Phi) is 4.84. The number of hydrogen-bond acceptors (Lipinski definition) is 3. The van der Waals surface area contributed by atoms with Crippen LogP contribution >= 0.6 is 0 Å². The van der Waals surface area contributed by atoms with Crippen molar-refractivity contribution in [1.82, 2.24) is 9.80 Å². The van der Waals surface area contributed by atoms with Crippen LogP contribution in [0.3, 0.4) is 0 Å². The van der Waals surface area contributed by atoms with Gasteiger partial charge in [0.05, 0.1) is 6.10 Å². The van der Waals surface area contributed by atoms with Gasteiger partial charge < -0.3 is 5.11 Å². The van der Waals surface area contributed by atoms with E-state index < -0.39 is 6.10 Å². The van der Waals surface area contributed by atoms with Gasteiger partial charge in [-0.05, 0) is 32.9 Å². The van der Waals surface area contributed by atoms with Crippen molar-refractivity contribution in [2.24, 2.45) is 0 Å². The van der Waals surface area contributed by atoms with Crippen LogP contribution in [0.25, 0.3) is 0 Å². The molecule has 0 aliphatic carbocycles. The molecule has 0 spiro atoms. The van der Waals surface area contributed by atoms with Crippen LogP contribution in [0.2, 0.25) is 0 Å². The van der Waals surface area contributed by atoms with Gasteiger partial charge in [0.2, 0.25) is 0 Å². The number of aliphatic hydroxyl groups excluding tert-OH is 1. The maximum atomic E-state index is 10.7. The van der Waals surface area contributed by atoms with E-state index in [9.17, 15) is 5.11 Å². The molecule has 2 atom stereocenters. The van der Waals surface area contributed by atoms with Crippen LogP contribution in [0.5, 0.6) is 0 Å². The standard InChI is InChI=1S/C17H28N2O/c1-5-15(16(20)14-9-7-6-8-10-14)19-12-11-18(4)17(2,3)13-19/h6-10,15-16,20H,5,11-13H2,1-4H3. The summed E-state index contributed by atoms with van der Waals surface area (Å²) in [5.41, 5.74) is 1.19. The van der Waals surface area contributed by atoms with E-state index in [2.05, 4.69) is 37.6 Å². The molecule has 0 amide bonds. The average Bonchev–Trinajstić information content (AvgIpc) is 2.44. The van der Waals surface area contributed by atoms with Crippen molar-refractivity contribution >= 4 is 0 Å². The third-order valence-corrected chi connectivity index (χ3v) is 4.74. The smallest absolute Gasteiger partial charge is 0.0945 e. The van der Waals surface area contributed by atoms with Crippen molar-refractivity contribution in [3.8, 4) is 0 Å². The summed E-state index contributed by atoms with van der Waals surface area (Å²) in [7, 11) is 2.19. The van der Waals surface area contributed by atoms with Crippen LogP contribution in [0.4, 0.5) is 0 Å². The van der Waals surface area contributed by atoms with E-state index in [1.54, 1.807) is 0 Å².